The SMILES string of the molecule is O=C(NCc1ccc(F)cc1F)[C@H]1CCCNC1. The van der Waals surface area contributed by atoms with E-state index in [1.807, 2.05) is 0 Å². The molecule has 2 rings (SSSR count). The summed E-state index contributed by atoms with van der Waals surface area (Å²) in [4.78, 5) is 11.8. The Balaban J connectivity index is 1.88. The molecular formula is C13H16F2N2O. The van der Waals surface area contributed by atoms with Crippen molar-refractivity contribution in [1.82, 2.24) is 10.6 Å². The van der Waals surface area contributed by atoms with Crippen LogP contribution in [0.3, 0.4) is 0 Å². The van der Waals surface area contributed by atoms with Gasteiger partial charge in [0.05, 0.1) is 5.92 Å². The third kappa shape index (κ3) is 3.26. The molecule has 1 aliphatic heterocycles. The lowest BCUT2D eigenvalue weighted by Crippen LogP contribution is -2.40. The van der Waals surface area contributed by atoms with Crippen LogP contribution in [0.5, 0.6) is 0 Å². The van der Waals surface area contributed by atoms with Crippen molar-refractivity contribution in [2.75, 3.05) is 13.1 Å². The molecule has 0 aromatic heterocycles. The van der Waals surface area contributed by atoms with Crippen molar-refractivity contribution in [2.24, 2.45) is 5.92 Å². The predicted octanol–water partition coefficient (Wildman–Crippen LogP) is 1.58. The highest BCUT2D eigenvalue weighted by atomic mass is 19.1. The van der Waals surface area contributed by atoms with Gasteiger partial charge in [0.1, 0.15) is 11.6 Å². The zero-order valence-electron chi connectivity index (χ0n) is 10.0. The second-order valence-corrected chi connectivity index (χ2v) is 4.50. The van der Waals surface area contributed by atoms with E-state index >= 15 is 0 Å². The van der Waals surface area contributed by atoms with Crippen molar-refractivity contribution in [3.05, 3.63) is 35.4 Å². The van der Waals surface area contributed by atoms with Crippen LogP contribution in [-0.4, -0.2) is 19.0 Å². The summed E-state index contributed by atoms with van der Waals surface area (Å²) in [5, 5.41) is 5.84. The number of hydrogen-bond acceptors (Lipinski definition) is 2. The summed E-state index contributed by atoms with van der Waals surface area (Å²) in [5.41, 5.74) is 0.300. The molecule has 1 aliphatic rings. The molecule has 18 heavy (non-hydrogen) atoms. The van der Waals surface area contributed by atoms with Gasteiger partial charge in [0.2, 0.25) is 5.91 Å². The van der Waals surface area contributed by atoms with Gasteiger partial charge in [-0.25, -0.2) is 8.78 Å². The van der Waals surface area contributed by atoms with E-state index in [0.717, 1.165) is 25.5 Å². The average molecular weight is 254 g/mol. The molecule has 5 heteroatoms. The minimum atomic E-state index is -0.628. The second-order valence-electron chi connectivity index (χ2n) is 4.50. The lowest BCUT2D eigenvalue weighted by atomic mass is 9.99. The lowest BCUT2D eigenvalue weighted by Gasteiger charge is -2.21. The van der Waals surface area contributed by atoms with Crippen molar-refractivity contribution in [3.63, 3.8) is 0 Å². The lowest BCUT2D eigenvalue weighted by molar-refractivity contribution is -0.125. The topological polar surface area (TPSA) is 41.1 Å². The fraction of sp³-hybridized carbons (Fsp3) is 0.462. The number of hydrogen-bond donors (Lipinski definition) is 2. The first kappa shape index (κ1) is 13.0. The molecule has 1 saturated heterocycles. The highest BCUT2D eigenvalue weighted by molar-refractivity contribution is 5.78. The van der Waals surface area contributed by atoms with Gasteiger partial charge in [-0.15, -0.1) is 0 Å². The molecule has 1 heterocycles. The van der Waals surface area contributed by atoms with Crippen LogP contribution in [-0.2, 0) is 11.3 Å². The normalized spacial score (nSPS) is 19.6. The van der Waals surface area contributed by atoms with Crippen LogP contribution in [0.1, 0.15) is 18.4 Å². The first-order valence-corrected chi connectivity index (χ1v) is 6.09. The number of benzene rings is 1. The Labute approximate surface area is 105 Å². The number of nitrogens with one attached hydrogen (secondary N) is 2. The molecule has 0 spiro atoms. The van der Waals surface area contributed by atoms with E-state index in [0.29, 0.717) is 12.1 Å². The van der Waals surface area contributed by atoms with Gasteiger partial charge < -0.3 is 10.6 Å². The molecule has 3 nitrogen and oxygen atoms in total. The van der Waals surface area contributed by atoms with Gasteiger partial charge >= 0.3 is 0 Å². The Kier molecular flexibility index (Phi) is 4.25. The summed E-state index contributed by atoms with van der Waals surface area (Å²) in [6.45, 7) is 1.70. The third-order valence-corrected chi connectivity index (χ3v) is 3.14. The summed E-state index contributed by atoms with van der Waals surface area (Å²) in [5.74, 6) is -1.37. The molecule has 1 fully saturated rings. The Bertz CT molecular complexity index is 431. The molecule has 1 aromatic rings. The Morgan fingerprint density at radius 1 is 1.44 bits per heavy atom. The smallest absolute Gasteiger partial charge is 0.224 e. The molecule has 0 aliphatic carbocycles. The first-order valence-electron chi connectivity index (χ1n) is 6.09. The molecule has 1 aromatic carbocycles. The summed E-state index contributed by atoms with van der Waals surface area (Å²) >= 11 is 0. The maximum Gasteiger partial charge on any atom is 0.224 e. The van der Waals surface area contributed by atoms with Crippen LogP contribution in [0, 0.1) is 17.6 Å². The van der Waals surface area contributed by atoms with Crippen LogP contribution < -0.4 is 10.6 Å². The molecule has 2 N–H and O–H groups in total. The monoisotopic (exact) mass is 254 g/mol. The second kappa shape index (κ2) is 5.91. The average Bonchev–Trinajstić information content (AvgIpc) is 2.38. The van der Waals surface area contributed by atoms with E-state index in [4.69, 9.17) is 0 Å². The quantitative estimate of drug-likeness (QED) is 0.860. The fourth-order valence-corrected chi connectivity index (χ4v) is 2.07. The van der Waals surface area contributed by atoms with Gasteiger partial charge in [0, 0.05) is 24.7 Å². The van der Waals surface area contributed by atoms with Crippen LogP contribution in [0.15, 0.2) is 18.2 Å². The van der Waals surface area contributed by atoms with E-state index in [2.05, 4.69) is 10.6 Å². The molecule has 0 bridgehead atoms. The molecule has 0 saturated carbocycles. The van der Waals surface area contributed by atoms with Crippen LogP contribution >= 0.6 is 0 Å². The van der Waals surface area contributed by atoms with Crippen LogP contribution in [0.4, 0.5) is 8.78 Å². The van der Waals surface area contributed by atoms with Gasteiger partial charge in [0.25, 0.3) is 0 Å². The largest absolute Gasteiger partial charge is 0.352 e. The van der Waals surface area contributed by atoms with E-state index < -0.39 is 11.6 Å². The summed E-state index contributed by atoms with van der Waals surface area (Å²) in [7, 11) is 0. The van der Waals surface area contributed by atoms with Crippen molar-refractivity contribution in [3.8, 4) is 0 Å². The molecule has 0 unspecified atom stereocenters. The van der Waals surface area contributed by atoms with Crippen LogP contribution in [0.25, 0.3) is 0 Å². The minimum Gasteiger partial charge on any atom is -0.352 e. The van der Waals surface area contributed by atoms with Crippen molar-refractivity contribution in [1.29, 1.82) is 0 Å². The Hall–Kier alpha value is -1.49. The van der Waals surface area contributed by atoms with Crippen molar-refractivity contribution >= 4 is 5.91 Å². The Morgan fingerprint density at radius 2 is 2.28 bits per heavy atom. The van der Waals surface area contributed by atoms with E-state index in [1.54, 1.807) is 0 Å². The summed E-state index contributed by atoms with van der Waals surface area (Å²) in [6, 6.07) is 3.36. The highest BCUT2D eigenvalue weighted by Crippen LogP contribution is 2.12. The zero-order chi connectivity index (χ0) is 13.0. The molecular weight excluding hydrogens is 238 g/mol. The number of amides is 1. The molecule has 0 radical (unpaired) electrons. The molecule has 1 atom stereocenters. The third-order valence-electron chi connectivity index (χ3n) is 3.14. The first-order chi connectivity index (χ1) is 8.66. The standard InChI is InChI=1S/C13H16F2N2O/c14-11-4-3-9(12(15)6-11)8-17-13(18)10-2-1-5-16-7-10/h3-4,6,10,16H,1-2,5,7-8H2,(H,17,18)/t10-/m0/s1. The fourth-order valence-electron chi connectivity index (χ4n) is 2.07. The maximum atomic E-state index is 13.3. The summed E-state index contributed by atoms with van der Waals surface area (Å²) < 4.78 is 26.0. The van der Waals surface area contributed by atoms with Gasteiger partial charge in [-0.05, 0) is 25.5 Å². The van der Waals surface area contributed by atoms with Gasteiger partial charge in [-0.2, -0.15) is 0 Å². The Morgan fingerprint density at radius 3 is 2.94 bits per heavy atom. The number of carbonyl (C=O) groups excluding carboxylic acids is 1. The predicted molar refractivity (Wildman–Crippen MR) is 63.8 cm³/mol. The van der Waals surface area contributed by atoms with Gasteiger partial charge in [-0.3, -0.25) is 4.79 Å². The molecule has 1 amide bonds. The van der Waals surface area contributed by atoms with Gasteiger partial charge in [-0.1, -0.05) is 6.07 Å². The summed E-state index contributed by atoms with van der Waals surface area (Å²) in [6.07, 6.45) is 1.83. The van der Waals surface area contributed by atoms with E-state index in [-0.39, 0.29) is 18.4 Å². The van der Waals surface area contributed by atoms with Crippen LogP contribution in [0.2, 0.25) is 0 Å². The van der Waals surface area contributed by atoms with Crippen molar-refractivity contribution < 1.29 is 13.6 Å². The maximum absolute atomic E-state index is 13.3. The minimum absolute atomic E-state index is 0.0535. The number of rotatable bonds is 3. The highest BCUT2D eigenvalue weighted by Gasteiger charge is 2.20. The van der Waals surface area contributed by atoms with E-state index in [1.165, 1.54) is 12.1 Å². The number of piperidine rings is 1. The zero-order valence-corrected chi connectivity index (χ0v) is 10.0. The van der Waals surface area contributed by atoms with Gasteiger partial charge in [0.15, 0.2) is 0 Å². The van der Waals surface area contributed by atoms with Crippen molar-refractivity contribution in [2.45, 2.75) is 19.4 Å². The van der Waals surface area contributed by atoms with E-state index in [9.17, 15) is 13.6 Å². The number of carbonyl (C=O) groups is 1. The molecule has 98 valence electrons. The number of halogens is 2.